The van der Waals surface area contributed by atoms with E-state index in [2.05, 4.69) is 0 Å². The van der Waals surface area contributed by atoms with E-state index in [0.717, 1.165) is 10.8 Å². The van der Waals surface area contributed by atoms with Crippen molar-refractivity contribution < 1.29 is 38.7 Å². The molecule has 0 bridgehead atoms. The minimum Gasteiger partial charge on any atom is -0.504 e. The highest BCUT2D eigenvalue weighted by atomic mass is 16.5. The lowest BCUT2D eigenvalue weighted by Gasteiger charge is -2.16. The third-order valence-electron chi connectivity index (χ3n) is 6.88. The summed E-state index contributed by atoms with van der Waals surface area (Å²) in [5.41, 5.74) is 3.43. The van der Waals surface area contributed by atoms with Crippen LogP contribution in [0.2, 0.25) is 0 Å². The van der Waals surface area contributed by atoms with E-state index >= 15 is 0 Å². The molecule has 3 aromatic carbocycles. The third kappa shape index (κ3) is 4.69. The van der Waals surface area contributed by atoms with Crippen LogP contribution in [-0.4, -0.2) is 55.1 Å². The molecule has 0 amide bonds. The number of carbonyl (C=O) groups excluding carboxylic acids is 1. The zero-order chi connectivity index (χ0) is 29.4. The maximum atomic E-state index is 13.5. The first-order valence-electron chi connectivity index (χ1n) is 12.9. The number of benzene rings is 3. The second-order valence-corrected chi connectivity index (χ2v) is 9.65. The Kier molecular flexibility index (Phi) is 7.28. The number of hydrogen-bond acceptors (Lipinski definition) is 8. The molecule has 9 nitrogen and oxygen atoms in total. The lowest BCUT2D eigenvalue weighted by Crippen LogP contribution is -2.07. The van der Waals surface area contributed by atoms with Crippen molar-refractivity contribution in [3.8, 4) is 56.8 Å². The van der Waals surface area contributed by atoms with E-state index in [1.807, 2.05) is 32.0 Å². The molecule has 0 fully saturated rings. The van der Waals surface area contributed by atoms with Gasteiger partial charge in [-0.25, -0.2) is 4.79 Å². The Morgan fingerprint density at radius 2 is 1.32 bits per heavy atom. The summed E-state index contributed by atoms with van der Waals surface area (Å²) in [6.07, 6.45) is 1.73. The first-order chi connectivity index (χ1) is 19.7. The molecule has 5 rings (SSSR count). The number of esters is 1. The highest BCUT2D eigenvalue weighted by molar-refractivity contribution is 6.14. The van der Waals surface area contributed by atoms with Crippen LogP contribution in [0.15, 0.2) is 60.8 Å². The van der Waals surface area contributed by atoms with Gasteiger partial charge in [0.05, 0.1) is 40.1 Å². The van der Waals surface area contributed by atoms with Crippen molar-refractivity contribution in [3.05, 3.63) is 66.5 Å². The van der Waals surface area contributed by atoms with Crippen LogP contribution in [0, 0.1) is 0 Å². The maximum absolute atomic E-state index is 13.5. The number of pyridine rings is 1. The van der Waals surface area contributed by atoms with E-state index in [4.69, 9.17) is 23.7 Å². The van der Waals surface area contributed by atoms with Crippen molar-refractivity contribution in [3.63, 3.8) is 0 Å². The van der Waals surface area contributed by atoms with Crippen LogP contribution < -0.4 is 18.9 Å². The van der Waals surface area contributed by atoms with Crippen molar-refractivity contribution in [2.24, 2.45) is 0 Å². The van der Waals surface area contributed by atoms with Crippen molar-refractivity contribution in [1.29, 1.82) is 0 Å². The Hall–Kier alpha value is -5.05. The lowest BCUT2D eigenvalue weighted by molar-refractivity contribution is 0.0594. The molecule has 0 atom stereocenters. The number of nitrogens with zero attached hydrogens (tertiary/aromatic N) is 1. The minimum atomic E-state index is -0.565. The second kappa shape index (κ2) is 10.8. The molecule has 0 aliphatic rings. The van der Waals surface area contributed by atoms with Crippen LogP contribution in [0.25, 0.3) is 38.5 Å². The van der Waals surface area contributed by atoms with Gasteiger partial charge >= 0.3 is 5.97 Å². The monoisotopic (exact) mass is 557 g/mol. The molecule has 0 unspecified atom stereocenters. The number of phenolic OH excluding ortho intramolecular Hbond substituents is 2. The van der Waals surface area contributed by atoms with E-state index < -0.39 is 5.97 Å². The van der Waals surface area contributed by atoms with Gasteiger partial charge in [0.2, 0.25) is 0 Å². The normalized spacial score (nSPS) is 11.2. The summed E-state index contributed by atoms with van der Waals surface area (Å²) >= 11 is 0. The number of phenols is 2. The van der Waals surface area contributed by atoms with Gasteiger partial charge in [0.1, 0.15) is 5.69 Å². The quantitative estimate of drug-likeness (QED) is 0.210. The maximum Gasteiger partial charge on any atom is 0.355 e. The summed E-state index contributed by atoms with van der Waals surface area (Å²) in [4.78, 5) is 13.5. The Balaban J connectivity index is 2.01. The molecule has 5 aromatic rings. The fraction of sp³-hybridized carbons (Fsp3) is 0.219. The number of carbonyl (C=O) groups is 1. The molecular weight excluding hydrogens is 526 g/mol. The van der Waals surface area contributed by atoms with Gasteiger partial charge in [0.25, 0.3) is 0 Å². The summed E-state index contributed by atoms with van der Waals surface area (Å²) in [5.74, 6) is 0.997. The number of aromatic nitrogens is 1. The van der Waals surface area contributed by atoms with E-state index in [-0.39, 0.29) is 34.8 Å². The number of ether oxygens (including phenoxy) is 5. The van der Waals surface area contributed by atoms with Crippen molar-refractivity contribution in [2.45, 2.75) is 20.0 Å². The molecule has 0 aliphatic heterocycles. The SMILES string of the molecule is COC(=O)c1c(-c2ccc(O)c(OC)c2)c(-c2ccc(O)c(OC)c2)c2c3cc(OC)c(OC(C)C)cc3ccn12. The van der Waals surface area contributed by atoms with Crippen LogP contribution in [0.3, 0.4) is 0 Å². The molecule has 212 valence electrons. The summed E-state index contributed by atoms with van der Waals surface area (Å²) in [7, 11) is 5.83. The van der Waals surface area contributed by atoms with Crippen molar-refractivity contribution >= 4 is 22.3 Å². The standard InChI is InChI=1S/C32H31NO8/c1-17(2)41-27-13-18-11-12-33-30(21(18)16-26(27)39-5)28(19-7-9-22(34)24(14-19)37-3)29(31(33)32(36)40-6)20-8-10-23(35)25(15-20)38-4/h7-17,34-35H,1-6H3. The number of aromatic hydroxyl groups is 2. The molecule has 41 heavy (non-hydrogen) atoms. The first-order valence-corrected chi connectivity index (χ1v) is 12.9. The van der Waals surface area contributed by atoms with Crippen LogP contribution >= 0.6 is 0 Å². The zero-order valence-corrected chi connectivity index (χ0v) is 23.6. The number of rotatable bonds is 8. The van der Waals surface area contributed by atoms with E-state index in [0.29, 0.717) is 39.3 Å². The van der Waals surface area contributed by atoms with E-state index in [1.54, 1.807) is 42.0 Å². The Morgan fingerprint density at radius 1 is 0.732 bits per heavy atom. The highest BCUT2D eigenvalue weighted by Crippen LogP contribution is 2.47. The predicted molar refractivity (Wildman–Crippen MR) is 156 cm³/mol. The second-order valence-electron chi connectivity index (χ2n) is 9.65. The van der Waals surface area contributed by atoms with Gasteiger partial charge in [-0.2, -0.15) is 0 Å². The molecule has 0 saturated carbocycles. The summed E-state index contributed by atoms with van der Waals surface area (Å²) in [6, 6.07) is 15.6. The average molecular weight is 558 g/mol. The van der Waals surface area contributed by atoms with Gasteiger partial charge in [-0.3, -0.25) is 0 Å². The predicted octanol–water partition coefficient (Wildman–Crippen LogP) is 6.44. The Bertz CT molecular complexity index is 1790. The largest absolute Gasteiger partial charge is 0.504 e. The zero-order valence-electron chi connectivity index (χ0n) is 23.6. The van der Waals surface area contributed by atoms with Gasteiger partial charge in [0, 0.05) is 22.7 Å². The van der Waals surface area contributed by atoms with Crippen molar-refractivity contribution in [1.82, 2.24) is 4.40 Å². The molecular formula is C32H31NO8. The Labute approximate surface area is 237 Å². The van der Waals surface area contributed by atoms with Crippen LogP contribution in [0.5, 0.6) is 34.5 Å². The first kappa shape index (κ1) is 27.5. The van der Waals surface area contributed by atoms with E-state index in [9.17, 15) is 15.0 Å². The molecule has 0 saturated heterocycles. The highest BCUT2D eigenvalue weighted by Gasteiger charge is 2.29. The van der Waals surface area contributed by atoms with Gasteiger partial charge < -0.3 is 38.3 Å². The summed E-state index contributed by atoms with van der Waals surface area (Å²) < 4.78 is 29.6. The molecule has 2 aromatic heterocycles. The van der Waals surface area contributed by atoms with Crippen LogP contribution in [0.1, 0.15) is 24.3 Å². The van der Waals surface area contributed by atoms with E-state index in [1.165, 1.54) is 33.5 Å². The number of hydrogen-bond donors (Lipinski definition) is 2. The van der Waals surface area contributed by atoms with Gasteiger partial charge in [0.15, 0.2) is 34.5 Å². The number of methoxy groups -OCH3 is 4. The summed E-state index contributed by atoms with van der Waals surface area (Å²) in [5, 5.41) is 22.3. The molecule has 0 aliphatic carbocycles. The fourth-order valence-electron chi connectivity index (χ4n) is 5.11. The van der Waals surface area contributed by atoms with Crippen molar-refractivity contribution in [2.75, 3.05) is 28.4 Å². The van der Waals surface area contributed by atoms with Gasteiger partial charge in [-0.05, 0) is 72.8 Å². The topological polar surface area (TPSA) is 108 Å². The van der Waals surface area contributed by atoms with Crippen LogP contribution in [-0.2, 0) is 4.74 Å². The fourth-order valence-corrected chi connectivity index (χ4v) is 5.11. The minimum absolute atomic E-state index is 0.0252. The molecule has 2 heterocycles. The van der Waals surface area contributed by atoms with Crippen LogP contribution in [0.4, 0.5) is 0 Å². The average Bonchev–Trinajstić information content (AvgIpc) is 3.32. The lowest BCUT2D eigenvalue weighted by atomic mass is 9.93. The Morgan fingerprint density at radius 3 is 1.85 bits per heavy atom. The molecule has 0 radical (unpaired) electrons. The van der Waals surface area contributed by atoms with Gasteiger partial charge in [-0.15, -0.1) is 0 Å². The van der Waals surface area contributed by atoms with Gasteiger partial charge in [-0.1, -0.05) is 12.1 Å². The molecule has 9 heteroatoms. The number of fused-ring (bicyclic) bond motifs is 3. The summed E-state index contributed by atoms with van der Waals surface area (Å²) in [6.45, 7) is 3.88. The third-order valence-corrected chi connectivity index (χ3v) is 6.88. The molecule has 0 spiro atoms. The molecule has 2 N–H and O–H groups in total. The smallest absolute Gasteiger partial charge is 0.355 e.